The van der Waals surface area contributed by atoms with E-state index in [4.69, 9.17) is 0 Å². The zero-order valence-corrected chi connectivity index (χ0v) is 10.5. The van der Waals surface area contributed by atoms with Gasteiger partial charge in [-0.3, -0.25) is 0 Å². The monoisotopic (exact) mass is 249 g/mol. The van der Waals surface area contributed by atoms with Crippen LogP contribution in [0.2, 0.25) is 0 Å². The molecule has 0 aliphatic carbocycles. The van der Waals surface area contributed by atoms with Crippen molar-refractivity contribution in [3.63, 3.8) is 0 Å². The number of thiophene rings is 1. The molecule has 17 heavy (non-hydrogen) atoms. The first-order valence-electron chi connectivity index (χ1n) is 5.82. The largest absolute Gasteiger partial charge is 0.316 e. The molecular weight excluding hydrogens is 233 g/mol. The Labute approximate surface area is 105 Å². The number of benzene rings is 1. The standard InChI is InChI=1S/C14H16FNS/c15-13-5-3-12(4-6-13)7-9-16-10-8-14-2-1-11-17-14/h1-6,11,16H,7-10H2. The Balaban J connectivity index is 1.61. The number of nitrogens with one attached hydrogen (secondary N) is 1. The molecule has 0 saturated carbocycles. The number of hydrogen-bond donors (Lipinski definition) is 1. The van der Waals surface area contributed by atoms with Gasteiger partial charge in [0, 0.05) is 4.88 Å². The van der Waals surface area contributed by atoms with Gasteiger partial charge in [0.05, 0.1) is 0 Å². The first-order chi connectivity index (χ1) is 8.34. The van der Waals surface area contributed by atoms with Gasteiger partial charge in [0.1, 0.15) is 5.82 Å². The molecule has 1 N–H and O–H groups in total. The topological polar surface area (TPSA) is 12.0 Å². The first-order valence-corrected chi connectivity index (χ1v) is 6.70. The molecule has 1 aromatic heterocycles. The minimum atomic E-state index is -0.167. The lowest BCUT2D eigenvalue weighted by molar-refractivity contribution is 0.626. The van der Waals surface area contributed by atoms with Crippen LogP contribution in [0, 0.1) is 5.82 Å². The van der Waals surface area contributed by atoms with Gasteiger partial charge in [-0.2, -0.15) is 0 Å². The van der Waals surface area contributed by atoms with E-state index in [0.29, 0.717) is 0 Å². The maximum atomic E-state index is 12.7. The highest BCUT2D eigenvalue weighted by Crippen LogP contribution is 2.08. The lowest BCUT2D eigenvalue weighted by Gasteiger charge is -2.04. The van der Waals surface area contributed by atoms with Crippen LogP contribution in [-0.2, 0) is 12.8 Å². The molecule has 0 unspecified atom stereocenters. The molecular formula is C14H16FNS. The van der Waals surface area contributed by atoms with Gasteiger partial charge in [0.25, 0.3) is 0 Å². The van der Waals surface area contributed by atoms with Crippen LogP contribution in [0.4, 0.5) is 4.39 Å². The average Bonchev–Trinajstić information content (AvgIpc) is 2.84. The van der Waals surface area contributed by atoms with Crippen molar-refractivity contribution in [3.8, 4) is 0 Å². The van der Waals surface area contributed by atoms with E-state index in [2.05, 4.69) is 22.8 Å². The van der Waals surface area contributed by atoms with Crippen LogP contribution >= 0.6 is 11.3 Å². The SMILES string of the molecule is Fc1ccc(CCNCCc2cccs2)cc1. The van der Waals surface area contributed by atoms with Crippen molar-refractivity contribution in [2.75, 3.05) is 13.1 Å². The van der Waals surface area contributed by atoms with E-state index in [0.717, 1.165) is 25.9 Å². The van der Waals surface area contributed by atoms with Crippen molar-refractivity contribution in [2.45, 2.75) is 12.8 Å². The lowest BCUT2D eigenvalue weighted by atomic mass is 10.1. The van der Waals surface area contributed by atoms with Gasteiger partial charge >= 0.3 is 0 Å². The molecule has 1 heterocycles. The summed E-state index contributed by atoms with van der Waals surface area (Å²) >= 11 is 1.80. The van der Waals surface area contributed by atoms with Gasteiger partial charge in [-0.1, -0.05) is 18.2 Å². The van der Waals surface area contributed by atoms with E-state index >= 15 is 0 Å². The van der Waals surface area contributed by atoms with Gasteiger partial charge < -0.3 is 5.32 Å². The molecule has 1 nitrogen and oxygen atoms in total. The molecule has 0 radical (unpaired) electrons. The Bertz CT molecular complexity index is 422. The quantitative estimate of drug-likeness (QED) is 0.775. The maximum Gasteiger partial charge on any atom is 0.123 e. The minimum Gasteiger partial charge on any atom is -0.316 e. The molecule has 2 rings (SSSR count). The molecule has 0 aliphatic heterocycles. The fraction of sp³-hybridized carbons (Fsp3) is 0.286. The molecule has 3 heteroatoms. The third kappa shape index (κ3) is 4.29. The van der Waals surface area contributed by atoms with E-state index in [1.807, 2.05) is 12.1 Å². The summed E-state index contributed by atoms with van der Waals surface area (Å²) in [6.07, 6.45) is 2.03. The Hall–Kier alpha value is -1.19. The van der Waals surface area contributed by atoms with E-state index in [9.17, 15) is 4.39 Å². The summed E-state index contributed by atoms with van der Waals surface area (Å²) < 4.78 is 12.7. The van der Waals surface area contributed by atoms with Gasteiger partial charge in [0.2, 0.25) is 0 Å². The Morgan fingerprint density at radius 3 is 2.47 bits per heavy atom. The van der Waals surface area contributed by atoms with Crippen LogP contribution in [0.5, 0.6) is 0 Å². The van der Waals surface area contributed by atoms with Crippen molar-refractivity contribution < 1.29 is 4.39 Å². The summed E-state index contributed by atoms with van der Waals surface area (Å²) in [5.41, 5.74) is 1.18. The highest BCUT2D eigenvalue weighted by Gasteiger charge is 1.95. The van der Waals surface area contributed by atoms with Crippen LogP contribution in [0.15, 0.2) is 41.8 Å². The fourth-order valence-corrected chi connectivity index (χ4v) is 2.38. The highest BCUT2D eigenvalue weighted by molar-refractivity contribution is 7.09. The third-order valence-corrected chi connectivity index (χ3v) is 3.57. The van der Waals surface area contributed by atoms with E-state index in [1.54, 1.807) is 11.3 Å². The van der Waals surface area contributed by atoms with Crippen molar-refractivity contribution in [2.24, 2.45) is 0 Å². The van der Waals surface area contributed by atoms with Crippen LogP contribution in [0.3, 0.4) is 0 Å². The molecule has 1 aromatic carbocycles. The van der Waals surface area contributed by atoms with Gasteiger partial charge in [0.15, 0.2) is 0 Å². The van der Waals surface area contributed by atoms with Crippen molar-refractivity contribution in [1.82, 2.24) is 5.32 Å². The molecule has 0 bridgehead atoms. The minimum absolute atomic E-state index is 0.167. The van der Waals surface area contributed by atoms with Crippen LogP contribution < -0.4 is 5.32 Å². The molecule has 90 valence electrons. The average molecular weight is 249 g/mol. The molecule has 0 spiro atoms. The second kappa shape index (κ2) is 6.52. The zero-order chi connectivity index (χ0) is 11.9. The predicted octanol–water partition coefficient (Wildman–Crippen LogP) is 3.26. The van der Waals surface area contributed by atoms with Gasteiger partial charge in [-0.05, 0) is 55.1 Å². The van der Waals surface area contributed by atoms with E-state index in [-0.39, 0.29) is 5.82 Å². The summed E-state index contributed by atoms with van der Waals surface area (Å²) in [5.74, 6) is -0.167. The predicted molar refractivity (Wildman–Crippen MR) is 71.0 cm³/mol. The van der Waals surface area contributed by atoms with E-state index < -0.39 is 0 Å². The van der Waals surface area contributed by atoms with Crippen LogP contribution in [-0.4, -0.2) is 13.1 Å². The summed E-state index contributed by atoms with van der Waals surface area (Å²) in [6, 6.07) is 11.0. The van der Waals surface area contributed by atoms with Crippen molar-refractivity contribution in [3.05, 3.63) is 58.0 Å². The molecule has 0 saturated heterocycles. The molecule has 0 atom stereocenters. The number of hydrogen-bond acceptors (Lipinski definition) is 2. The van der Waals surface area contributed by atoms with Crippen molar-refractivity contribution in [1.29, 1.82) is 0 Å². The van der Waals surface area contributed by atoms with Gasteiger partial charge in [-0.15, -0.1) is 11.3 Å². The molecule has 0 amide bonds. The zero-order valence-electron chi connectivity index (χ0n) is 9.66. The summed E-state index contributed by atoms with van der Waals surface area (Å²) in [4.78, 5) is 1.42. The lowest BCUT2D eigenvalue weighted by Crippen LogP contribution is -2.19. The first kappa shape index (κ1) is 12.3. The summed E-state index contributed by atoms with van der Waals surface area (Å²) in [6.45, 7) is 1.94. The van der Waals surface area contributed by atoms with Gasteiger partial charge in [-0.25, -0.2) is 4.39 Å². The number of halogens is 1. The summed E-state index contributed by atoms with van der Waals surface area (Å²) in [5, 5.41) is 5.50. The molecule has 2 aromatic rings. The normalized spacial score (nSPS) is 10.6. The highest BCUT2D eigenvalue weighted by atomic mass is 32.1. The van der Waals surface area contributed by atoms with Crippen LogP contribution in [0.25, 0.3) is 0 Å². The summed E-state index contributed by atoms with van der Waals surface area (Å²) in [7, 11) is 0. The van der Waals surface area contributed by atoms with Crippen LogP contribution in [0.1, 0.15) is 10.4 Å². The Morgan fingerprint density at radius 1 is 1.00 bits per heavy atom. The van der Waals surface area contributed by atoms with Crippen molar-refractivity contribution >= 4 is 11.3 Å². The Morgan fingerprint density at radius 2 is 1.76 bits per heavy atom. The molecule has 0 fully saturated rings. The second-order valence-corrected chi connectivity index (χ2v) is 4.99. The Kier molecular flexibility index (Phi) is 4.71. The third-order valence-electron chi connectivity index (χ3n) is 2.63. The number of rotatable bonds is 6. The maximum absolute atomic E-state index is 12.7. The molecule has 0 aliphatic rings. The fourth-order valence-electron chi connectivity index (χ4n) is 1.68. The second-order valence-electron chi connectivity index (χ2n) is 3.96. The van der Waals surface area contributed by atoms with E-state index in [1.165, 1.54) is 22.6 Å². The smallest absolute Gasteiger partial charge is 0.123 e.